The number of nitrogens with one attached hydrogen (secondary N) is 1. The molecule has 0 aliphatic rings. The molecule has 0 unspecified atom stereocenters. The molecule has 0 aliphatic heterocycles. The Morgan fingerprint density at radius 3 is 2.54 bits per heavy atom. The number of anilines is 1. The number of carbonyl (C=O) groups is 2. The second-order valence-electron chi connectivity index (χ2n) is 5.71. The third kappa shape index (κ3) is 4.65. The van der Waals surface area contributed by atoms with Crippen molar-refractivity contribution in [3.05, 3.63) is 65.0 Å². The third-order valence-corrected chi connectivity index (χ3v) is 3.61. The van der Waals surface area contributed by atoms with Crippen LogP contribution in [0.4, 0.5) is 10.1 Å². The van der Waals surface area contributed by atoms with Gasteiger partial charge in [0, 0.05) is 5.69 Å². The lowest BCUT2D eigenvalue weighted by atomic mass is 10.1. The van der Waals surface area contributed by atoms with Crippen molar-refractivity contribution in [1.82, 2.24) is 0 Å². The van der Waals surface area contributed by atoms with Crippen molar-refractivity contribution in [1.29, 1.82) is 0 Å². The molecule has 2 aromatic carbocycles. The highest BCUT2D eigenvalue weighted by molar-refractivity contribution is 5.95. The van der Waals surface area contributed by atoms with E-state index in [1.807, 2.05) is 26.0 Å². The van der Waals surface area contributed by atoms with Crippen molar-refractivity contribution in [2.75, 3.05) is 5.32 Å². The molecule has 0 aromatic heterocycles. The summed E-state index contributed by atoms with van der Waals surface area (Å²) in [7, 11) is 0. The number of esters is 1. The maximum atomic E-state index is 13.5. The predicted octanol–water partition coefficient (Wildman–Crippen LogP) is 3.56. The quantitative estimate of drug-likeness (QED) is 0.854. The first-order chi connectivity index (χ1) is 11.4. The number of amides is 1. The molecule has 5 heteroatoms. The molecule has 1 N–H and O–H groups in total. The van der Waals surface area contributed by atoms with E-state index in [1.54, 1.807) is 18.2 Å². The molecule has 0 radical (unpaired) electrons. The molecule has 0 spiro atoms. The Bertz CT molecular complexity index is 758. The van der Waals surface area contributed by atoms with Crippen LogP contribution >= 0.6 is 0 Å². The number of rotatable bonds is 5. The highest BCUT2D eigenvalue weighted by Gasteiger charge is 2.19. The molecule has 0 heterocycles. The monoisotopic (exact) mass is 329 g/mol. The molecule has 0 saturated heterocycles. The second-order valence-corrected chi connectivity index (χ2v) is 5.71. The highest BCUT2D eigenvalue weighted by Crippen LogP contribution is 2.16. The van der Waals surface area contributed by atoms with Gasteiger partial charge in [0.05, 0.1) is 6.42 Å². The number of hydrogen-bond acceptors (Lipinski definition) is 3. The normalized spacial score (nSPS) is 11.7. The third-order valence-electron chi connectivity index (χ3n) is 3.61. The van der Waals surface area contributed by atoms with Crippen LogP contribution in [-0.2, 0) is 20.7 Å². The molecule has 4 nitrogen and oxygen atoms in total. The average molecular weight is 329 g/mol. The van der Waals surface area contributed by atoms with Crippen molar-refractivity contribution < 1.29 is 18.7 Å². The van der Waals surface area contributed by atoms with Crippen molar-refractivity contribution >= 4 is 17.6 Å². The summed E-state index contributed by atoms with van der Waals surface area (Å²) in [5.41, 5.74) is 2.93. The van der Waals surface area contributed by atoms with Gasteiger partial charge < -0.3 is 10.1 Å². The maximum absolute atomic E-state index is 13.5. The standard InChI is InChI=1S/C19H20FNO3/c1-12-8-9-17(13(2)10-12)21-19(23)14(3)24-18(22)11-15-6-4-5-7-16(15)20/h4-10,14H,11H2,1-3H3,(H,21,23)/t14-/m1/s1. The second kappa shape index (κ2) is 7.73. The molecular formula is C19H20FNO3. The molecule has 1 atom stereocenters. The summed E-state index contributed by atoms with van der Waals surface area (Å²) >= 11 is 0. The zero-order valence-corrected chi connectivity index (χ0v) is 13.9. The van der Waals surface area contributed by atoms with Gasteiger partial charge >= 0.3 is 5.97 Å². The molecule has 2 aromatic rings. The number of aryl methyl sites for hydroxylation is 2. The SMILES string of the molecule is Cc1ccc(NC(=O)[C@@H](C)OC(=O)Cc2ccccc2F)c(C)c1. The molecule has 2 rings (SSSR count). The first kappa shape index (κ1) is 17.7. The Kier molecular flexibility index (Phi) is 5.68. The topological polar surface area (TPSA) is 55.4 Å². The summed E-state index contributed by atoms with van der Waals surface area (Å²) in [6.07, 6.45) is -1.18. The van der Waals surface area contributed by atoms with Crippen LogP contribution in [-0.4, -0.2) is 18.0 Å². The van der Waals surface area contributed by atoms with E-state index in [0.29, 0.717) is 5.69 Å². The number of benzene rings is 2. The van der Waals surface area contributed by atoms with Gasteiger partial charge in [0.1, 0.15) is 5.82 Å². The van der Waals surface area contributed by atoms with Crippen molar-refractivity contribution in [2.45, 2.75) is 33.3 Å². The summed E-state index contributed by atoms with van der Waals surface area (Å²) in [5.74, 6) is -1.55. The fourth-order valence-corrected chi connectivity index (χ4v) is 2.28. The zero-order valence-electron chi connectivity index (χ0n) is 13.9. The molecule has 1 amide bonds. The van der Waals surface area contributed by atoms with E-state index < -0.39 is 23.8 Å². The lowest BCUT2D eigenvalue weighted by Gasteiger charge is -2.15. The van der Waals surface area contributed by atoms with E-state index in [9.17, 15) is 14.0 Å². The average Bonchev–Trinajstić information content (AvgIpc) is 2.52. The van der Waals surface area contributed by atoms with Gasteiger partial charge in [0.25, 0.3) is 5.91 Å². The highest BCUT2D eigenvalue weighted by atomic mass is 19.1. The number of halogens is 1. The largest absolute Gasteiger partial charge is 0.452 e. The van der Waals surface area contributed by atoms with Crippen LogP contribution in [0.3, 0.4) is 0 Å². The van der Waals surface area contributed by atoms with Gasteiger partial charge in [-0.2, -0.15) is 0 Å². The molecule has 0 fully saturated rings. The summed E-state index contributed by atoms with van der Waals surface area (Å²) in [6, 6.07) is 11.6. The Hall–Kier alpha value is -2.69. The Morgan fingerprint density at radius 1 is 1.17 bits per heavy atom. The summed E-state index contributed by atoms with van der Waals surface area (Å²) in [5, 5.41) is 2.73. The van der Waals surface area contributed by atoms with Crippen LogP contribution in [0.1, 0.15) is 23.6 Å². The number of ether oxygens (including phenoxy) is 1. The van der Waals surface area contributed by atoms with Crippen molar-refractivity contribution in [2.24, 2.45) is 0 Å². The summed E-state index contributed by atoms with van der Waals surface area (Å²) in [4.78, 5) is 24.0. The minimum Gasteiger partial charge on any atom is -0.452 e. The van der Waals surface area contributed by atoms with E-state index in [-0.39, 0.29) is 12.0 Å². The van der Waals surface area contributed by atoms with E-state index in [2.05, 4.69) is 5.32 Å². The number of carbonyl (C=O) groups excluding carboxylic acids is 2. The first-order valence-electron chi connectivity index (χ1n) is 7.68. The van der Waals surface area contributed by atoms with Crippen LogP contribution in [0.2, 0.25) is 0 Å². The Balaban J connectivity index is 1.93. The predicted molar refractivity (Wildman–Crippen MR) is 90.2 cm³/mol. The number of hydrogen-bond donors (Lipinski definition) is 1. The van der Waals surface area contributed by atoms with E-state index >= 15 is 0 Å². The van der Waals surface area contributed by atoms with Crippen LogP contribution < -0.4 is 5.32 Å². The van der Waals surface area contributed by atoms with E-state index in [4.69, 9.17) is 4.74 Å². The summed E-state index contributed by atoms with van der Waals surface area (Å²) in [6.45, 7) is 5.33. The van der Waals surface area contributed by atoms with Crippen molar-refractivity contribution in [3.63, 3.8) is 0 Å². The molecule has 0 aliphatic carbocycles. The van der Waals surface area contributed by atoms with Gasteiger partial charge in [-0.25, -0.2) is 4.39 Å². The maximum Gasteiger partial charge on any atom is 0.311 e. The lowest BCUT2D eigenvalue weighted by molar-refractivity contribution is -0.152. The lowest BCUT2D eigenvalue weighted by Crippen LogP contribution is -2.30. The van der Waals surface area contributed by atoms with Crippen molar-refractivity contribution in [3.8, 4) is 0 Å². The van der Waals surface area contributed by atoms with Crippen LogP contribution in [0.25, 0.3) is 0 Å². The molecule has 24 heavy (non-hydrogen) atoms. The fourth-order valence-electron chi connectivity index (χ4n) is 2.28. The minimum atomic E-state index is -0.968. The fraction of sp³-hybridized carbons (Fsp3) is 0.263. The van der Waals surface area contributed by atoms with Gasteiger partial charge in [-0.1, -0.05) is 35.9 Å². The van der Waals surface area contributed by atoms with Gasteiger partial charge in [-0.05, 0) is 44.0 Å². The first-order valence-corrected chi connectivity index (χ1v) is 7.68. The van der Waals surface area contributed by atoms with E-state index in [0.717, 1.165) is 11.1 Å². The van der Waals surface area contributed by atoms with Crippen LogP contribution in [0.5, 0.6) is 0 Å². The molecule has 0 bridgehead atoms. The molecule has 126 valence electrons. The van der Waals surface area contributed by atoms with Gasteiger partial charge in [0.2, 0.25) is 0 Å². The van der Waals surface area contributed by atoms with Crippen LogP contribution in [0, 0.1) is 19.7 Å². The van der Waals surface area contributed by atoms with E-state index in [1.165, 1.54) is 19.1 Å². The minimum absolute atomic E-state index is 0.214. The van der Waals surface area contributed by atoms with Gasteiger partial charge in [-0.3, -0.25) is 9.59 Å². The summed E-state index contributed by atoms with van der Waals surface area (Å²) < 4.78 is 18.6. The Morgan fingerprint density at radius 2 is 1.88 bits per heavy atom. The molecule has 0 saturated carbocycles. The van der Waals surface area contributed by atoms with Gasteiger partial charge in [-0.15, -0.1) is 0 Å². The smallest absolute Gasteiger partial charge is 0.311 e. The van der Waals surface area contributed by atoms with Crippen LogP contribution in [0.15, 0.2) is 42.5 Å². The zero-order chi connectivity index (χ0) is 17.7. The van der Waals surface area contributed by atoms with Gasteiger partial charge in [0.15, 0.2) is 6.10 Å². The molecular weight excluding hydrogens is 309 g/mol. The Labute approximate surface area is 140 Å².